The molecule has 0 saturated heterocycles. The second-order valence-corrected chi connectivity index (χ2v) is 5.68. The smallest absolute Gasteiger partial charge is 0.572 e. The number of hydrogen-bond donors (Lipinski definition) is 0. The normalized spacial score (nSPS) is 10.4. The van der Waals surface area contributed by atoms with E-state index in [1.165, 1.54) is 18.2 Å². The molecule has 4 nitrogen and oxygen atoms in total. The zero-order chi connectivity index (χ0) is 15.5. The Kier molecular flexibility index (Phi) is 9.76. The van der Waals surface area contributed by atoms with Crippen LogP contribution in [0.3, 0.4) is 0 Å². The first-order valence-electron chi connectivity index (χ1n) is 5.85. The summed E-state index contributed by atoms with van der Waals surface area (Å²) in [6.45, 7) is 0. The van der Waals surface area contributed by atoms with Crippen LogP contribution < -0.4 is 59.1 Å². The van der Waals surface area contributed by atoms with Crippen LogP contribution in [0.15, 0.2) is 54.6 Å². The summed E-state index contributed by atoms with van der Waals surface area (Å²) in [6.07, 6.45) is 0. The molecule has 0 atom stereocenters. The van der Waals surface area contributed by atoms with E-state index in [0.29, 0.717) is 5.56 Å². The predicted molar refractivity (Wildman–Crippen MR) is 74.3 cm³/mol. The largest absolute Gasteiger partial charge is 1.00 e. The van der Waals surface area contributed by atoms with E-state index in [0.717, 1.165) is 6.07 Å². The van der Waals surface area contributed by atoms with E-state index in [9.17, 15) is 22.0 Å². The van der Waals surface area contributed by atoms with Gasteiger partial charge in [-0.15, -0.1) is 5.69 Å². The van der Waals surface area contributed by atoms with Crippen molar-refractivity contribution < 1.29 is 81.1 Å². The molecule has 2 rings (SSSR count). The Morgan fingerprint density at radius 1 is 0.913 bits per heavy atom. The van der Waals surface area contributed by atoms with Gasteiger partial charge in [0.15, 0.2) is 15.8 Å². The van der Waals surface area contributed by atoms with Gasteiger partial charge in [-0.05, 0) is 0 Å². The van der Waals surface area contributed by atoms with Crippen molar-refractivity contribution in [2.75, 3.05) is 0 Å². The maximum Gasteiger partial charge on any atom is 1.00 e. The molecule has 0 bridgehead atoms. The Bertz CT molecular complexity index is 756. The van der Waals surface area contributed by atoms with Crippen LogP contribution in [0.4, 0.5) is 14.5 Å². The molecule has 0 aliphatic heterocycles. The van der Waals surface area contributed by atoms with E-state index >= 15 is 0 Å². The van der Waals surface area contributed by atoms with E-state index in [2.05, 4.69) is 4.72 Å². The number of rotatable bonds is 5. The molecule has 0 heterocycles. The molecular weight excluding hydrogens is 346 g/mol. The van der Waals surface area contributed by atoms with Gasteiger partial charge in [0.2, 0.25) is 0 Å². The molecule has 0 fully saturated rings. The fourth-order valence-corrected chi connectivity index (χ4v) is 2.13. The first kappa shape index (κ1) is 22.7. The number of carbonyl (C=O) groups is 1. The zero-order valence-electron chi connectivity index (χ0n) is 12.6. The van der Waals surface area contributed by atoms with Crippen molar-refractivity contribution in [1.82, 2.24) is 0 Å². The van der Waals surface area contributed by atoms with Crippen molar-refractivity contribution in [2.45, 2.75) is 5.76 Å². The van der Waals surface area contributed by atoms with Crippen molar-refractivity contribution in [3.63, 3.8) is 0 Å². The van der Waals surface area contributed by atoms with Crippen LogP contribution >= 0.6 is 0 Å². The first-order chi connectivity index (χ1) is 9.90. The van der Waals surface area contributed by atoms with Gasteiger partial charge >= 0.3 is 64.9 Å². The maximum atomic E-state index is 12.3. The third kappa shape index (κ3) is 6.26. The number of nitrogens with zero attached hydrogens (tertiary/aromatic N) is 1. The van der Waals surface area contributed by atoms with Gasteiger partial charge in [-0.25, -0.2) is 8.42 Å². The van der Waals surface area contributed by atoms with E-state index < -0.39 is 15.8 Å². The van der Waals surface area contributed by atoms with Gasteiger partial charge in [-0.2, -0.15) is 8.78 Å². The number of carbonyl (C=O) groups excluding carboxylic acids is 1. The van der Waals surface area contributed by atoms with E-state index in [-0.39, 0.29) is 76.1 Å². The number of alkyl halides is 2. The molecule has 0 aromatic heterocycles. The van der Waals surface area contributed by atoms with Crippen LogP contribution in [0.25, 0.3) is 4.72 Å². The zero-order valence-corrected chi connectivity index (χ0v) is 17.4. The third-order valence-electron chi connectivity index (χ3n) is 2.60. The van der Waals surface area contributed by atoms with Gasteiger partial charge in [-0.1, -0.05) is 54.6 Å². The molecule has 0 aliphatic carbocycles. The topological polar surface area (TPSA) is 65.3 Å². The van der Waals surface area contributed by atoms with Crippen LogP contribution in [0.2, 0.25) is 0 Å². The van der Waals surface area contributed by atoms with Crippen molar-refractivity contribution in [2.24, 2.45) is 0 Å². The fraction of sp³-hybridized carbons (Fsp3) is 0.0714. The average Bonchev–Trinajstić information content (AvgIpc) is 2.47. The summed E-state index contributed by atoms with van der Waals surface area (Å²) in [4.78, 5) is 12.2. The Balaban J connectivity index is 0.00000242. The van der Waals surface area contributed by atoms with E-state index in [1.54, 1.807) is 30.3 Å². The second kappa shape index (κ2) is 9.88. The molecule has 9 heteroatoms. The minimum absolute atomic E-state index is 0. The second-order valence-electron chi connectivity index (χ2n) is 4.11. The SMILES string of the molecule is O=C(c1ccccc1)c1cccc([N-]S(=O)(=O)C(F)F)c1.[Na+].[Na+]. The summed E-state index contributed by atoms with van der Waals surface area (Å²) in [5.74, 6) is -3.94. The van der Waals surface area contributed by atoms with Crippen molar-refractivity contribution in [1.29, 1.82) is 0 Å². The average molecular weight is 356 g/mol. The number of benzene rings is 2. The Labute approximate surface area is 177 Å². The minimum Gasteiger partial charge on any atom is -0.572 e. The molecule has 0 unspecified atom stereocenters. The number of sulfonamides is 1. The van der Waals surface area contributed by atoms with Gasteiger partial charge in [0.1, 0.15) is 0 Å². The predicted octanol–water partition coefficient (Wildman–Crippen LogP) is -2.52. The fourth-order valence-electron chi connectivity index (χ4n) is 1.65. The molecule has 0 aliphatic rings. The number of hydrogen-bond acceptors (Lipinski definition) is 3. The van der Waals surface area contributed by atoms with E-state index in [4.69, 9.17) is 0 Å². The Morgan fingerprint density at radius 3 is 2.04 bits per heavy atom. The third-order valence-corrected chi connectivity index (χ3v) is 3.52. The van der Waals surface area contributed by atoms with Gasteiger partial charge < -0.3 is 4.72 Å². The van der Waals surface area contributed by atoms with Gasteiger partial charge in [0.25, 0.3) is 0 Å². The molecule has 0 radical (unpaired) electrons. The quantitative estimate of drug-likeness (QED) is 0.439. The van der Waals surface area contributed by atoms with Gasteiger partial charge in [-0.3, -0.25) is 4.79 Å². The summed E-state index contributed by atoms with van der Waals surface area (Å²) in [7, 11) is -4.88. The molecule has 2 aromatic carbocycles. The molecule has 0 saturated carbocycles. The molecular formula is C14H10F2NNa2O3S+. The van der Waals surface area contributed by atoms with Crippen LogP contribution in [0.5, 0.6) is 0 Å². The Morgan fingerprint density at radius 2 is 1.48 bits per heavy atom. The summed E-state index contributed by atoms with van der Waals surface area (Å²) in [5.41, 5.74) is 0.371. The minimum atomic E-state index is -4.88. The van der Waals surface area contributed by atoms with Crippen LogP contribution in [0, 0.1) is 0 Å². The van der Waals surface area contributed by atoms with Crippen LogP contribution in [-0.4, -0.2) is 20.0 Å². The molecule has 0 amide bonds. The summed E-state index contributed by atoms with van der Waals surface area (Å²) < 4.78 is 49.6. The standard InChI is InChI=1S/C14H10F2NO3S.2Na/c15-14(16)21(19,20)17-12-8-4-7-11(9-12)13(18)10-5-2-1-3-6-10;;/h1-9,14H;;/q-1;2*+1. The first-order valence-corrected chi connectivity index (χ1v) is 7.35. The van der Waals surface area contributed by atoms with Crippen LogP contribution in [0.1, 0.15) is 15.9 Å². The monoisotopic (exact) mass is 356 g/mol. The van der Waals surface area contributed by atoms with Gasteiger partial charge in [0, 0.05) is 11.1 Å². The van der Waals surface area contributed by atoms with Crippen molar-refractivity contribution >= 4 is 21.5 Å². The molecule has 0 N–H and O–H groups in total. The number of halogens is 2. The van der Waals surface area contributed by atoms with Crippen molar-refractivity contribution in [3.8, 4) is 0 Å². The summed E-state index contributed by atoms with van der Waals surface area (Å²) in [6, 6.07) is 13.6. The molecule has 0 spiro atoms. The number of ketones is 1. The van der Waals surface area contributed by atoms with Gasteiger partial charge in [0.05, 0.1) is 0 Å². The Hall–Kier alpha value is -0.280. The molecule has 23 heavy (non-hydrogen) atoms. The van der Waals surface area contributed by atoms with Crippen molar-refractivity contribution in [3.05, 3.63) is 70.4 Å². The molecule has 110 valence electrons. The van der Waals surface area contributed by atoms with E-state index in [1.807, 2.05) is 0 Å². The molecule has 2 aromatic rings. The van der Waals surface area contributed by atoms with Crippen LogP contribution in [-0.2, 0) is 10.0 Å². The summed E-state index contributed by atoms with van der Waals surface area (Å²) >= 11 is 0. The summed E-state index contributed by atoms with van der Waals surface area (Å²) in [5, 5.41) is 0. The maximum absolute atomic E-state index is 12.3.